The third kappa shape index (κ3) is 4.42. The molecule has 0 saturated heterocycles. The van der Waals surface area contributed by atoms with Gasteiger partial charge in [0.15, 0.2) is 0 Å². The van der Waals surface area contributed by atoms with Crippen LogP contribution in [-0.2, 0) is 19.1 Å². The summed E-state index contributed by atoms with van der Waals surface area (Å²) in [5.41, 5.74) is 0. The largest absolute Gasteiger partial charge is 0.468 e. The van der Waals surface area contributed by atoms with E-state index in [1.807, 2.05) is 6.92 Å². The summed E-state index contributed by atoms with van der Waals surface area (Å²) in [7, 11) is 2.89. The number of Topliss-reactive ketones (excluding diaryl/α,β-unsaturated/α-hetero) is 1. The van der Waals surface area contributed by atoms with Gasteiger partial charge in [-0.1, -0.05) is 6.92 Å². The van der Waals surface area contributed by atoms with Gasteiger partial charge in [0.05, 0.1) is 13.2 Å². The molecule has 0 aliphatic rings. The molecule has 0 N–H and O–H groups in total. The zero-order valence-corrected chi connectivity index (χ0v) is 10.1. The van der Waals surface area contributed by atoms with Crippen molar-refractivity contribution in [3.05, 3.63) is 0 Å². The van der Waals surface area contributed by atoms with Gasteiger partial charge in [-0.25, -0.2) is 0 Å². The minimum atomic E-state index is -0.686. The van der Waals surface area contributed by atoms with Crippen LogP contribution in [0.15, 0.2) is 0 Å². The summed E-state index contributed by atoms with van der Waals surface area (Å²) >= 11 is 0. The van der Waals surface area contributed by atoms with Crippen LogP contribution >= 0.6 is 0 Å². The Hall–Kier alpha value is -0.900. The van der Waals surface area contributed by atoms with Gasteiger partial charge in [-0.2, -0.15) is 0 Å². The molecule has 88 valence electrons. The molecule has 0 bridgehead atoms. The Labute approximate surface area is 90.9 Å². The highest BCUT2D eigenvalue weighted by Gasteiger charge is 2.27. The highest BCUT2D eigenvalue weighted by Crippen LogP contribution is 2.15. The number of carbonyl (C=O) groups excluding carboxylic acids is 2. The van der Waals surface area contributed by atoms with Crippen molar-refractivity contribution in [2.24, 2.45) is 11.8 Å². The van der Waals surface area contributed by atoms with E-state index in [4.69, 9.17) is 4.74 Å². The van der Waals surface area contributed by atoms with Crippen LogP contribution in [0.4, 0.5) is 0 Å². The molecule has 2 unspecified atom stereocenters. The van der Waals surface area contributed by atoms with E-state index in [-0.39, 0.29) is 17.8 Å². The van der Waals surface area contributed by atoms with E-state index in [2.05, 4.69) is 4.74 Å². The van der Waals surface area contributed by atoms with E-state index in [0.717, 1.165) is 0 Å². The maximum atomic E-state index is 11.7. The standard InChI is InChI=1S/C11H20O4/c1-7(6-8(2)14-4)10(12)9(3)11(13)15-5/h7-9H,6H2,1-5H3/t7?,8-,9?/m0/s1. The number of ketones is 1. The van der Waals surface area contributed by atoms with Crippen molar-refractivity contribution < 1.29 is 19.1 Å². The quantitative estimate of drug-likeness (QED) is 0.498. The third-order valence-corrected chi connectivity index (χ3v) is 2.56. The van der Waals surface area contributed by atoms with Crippen molar-refractivity contribution in [2.45, 2.75) is 33.3 Å². The maximum Gasteiger partial charge on any atom is 0.315 e. The van der Waals surface area contributed by atoms with Gasteiger partial charge >= 0.3 is 5.97 Å². The monoisotopic (exact) mass is 216 g/mol. The number of methoxy groups -OCH3 is 2. The van der Waals surface area contributed by atoms with Crippen LogP contribution in [0.25, 0.3) is 0 Å². The molecular weight excluding hydrogens is 196 g/mol. The smallest absolute Gasteiger partial charge is 0.315 e. The molecule has 0 rings (SSSR count). The molecule has 0 radical (unpaired) electrons. The normalized spacial score (nSPS) is 16.6. The molecule has 3 atom stereocenters. The first-order valence-corrected chi connectivity index (χ1v) is 5.08. The predicted molar refractivity (Wildman–Crippen MR) is 56.4 cm³/mol. The number of carbonyl (C=O) groups is 2. The summed E-state index contributed by atoms with van der Waals surface area (Å²) < 4.78 is 9.59. The first kappa shape index (κ1) is 14.1. The minimum Gasteiger partial charge on any atom is -0.468 e. The lowest BCUT2D eigenvalue weighted by Gasteiger charge is -2.17. The Morgan fingerprint density at radius 2 is 1.67 bits per heavy atom. The summed E-state index contributed by atoms with van der Waals surface area (Å²) in [4.78, 5) is 22.9. The summed E-state index contributed by atoms with van der Waals surface area (Å²) in [6.45, 7) is 5.27. The second-order valence-electron chi connectivity index (χ2n) is 3.83. The SMILES string of the molecule is COC(=O)C(C)C(=O)C(C)C[C@H](C)OC. The van der Waals surface area contributed by atoms with Gasteiger partial charge in [-0.05, 0) is 20.3 Å². The molecule has 4 nitrogen and oxygen atoms in total. The van der Waals surface area contributed by atoms with Gasteiger partial charge in [-0.15, -0.1) is 0 Å². The predicted octanol–water partition coefficient (Wildman–Crippen LogP) is 1.43. The third-order valence-electron chi connectivity index (χ3n) is 2.56. The molecule has 0 saturated carbocycles. The fourth-order valence-corrected chi connectivity index (χ4v) is 1.43. The lowest BCUT2D eigenvalue weighted by Crippen LogP contribution is -2.29. The fraction of sp³-hybridized carbons (Fsp3) is 0.818. The second-order valence-corrected chi connectivity index (χ2v) is 3.83. The molecule has 0 aromatic rings. The molecule has 0 heterocycles. The van der Waals surface area contributed by atoms with Crippen LogP contribution in [0.1, 0.15) is 27.2 Å². The van der Waals surface area contributed by atoms with Crippen molar-refractivity contribution in [1.82, 2.24) is 0 Å². The average molecular weight is 216 g/mol. The molecule has 0 spiro atoms. The molecule has 15 heavy (non-hydrogen) atoms. The zero-order chi connectivity index (χ0) is 12.0. The van der Waals surface area contributed by atoms with Crippen LogP contribution in [0.2, 0.25) is 0 Å². The van der Waals surface area contributed by atoms with E-state index in [1.165, 1.54) is 7.11 Å². The Balaban J connectivity index is 4.25. The van der Waals surface area contributed by atoms with Crippen molar-refractivity contribution >= 4 is 11.8 Å². The van der Waals surface area contributed by atoms with Crippen molar-refractivity contribution in [3.63, 3.8) is 0 Å². The van der Waals surface area contributed by atoms with Crippen LogP contribution in [-0.4, -0.2) is 32.1 Å². The van der Waals surface area contributed by atoms with Gasteiger partial charge in [-0.3, -0.25) is 9.59 Å². The Morgan fingerprint density at radius 3 is 2.07 bits per heavy atom. The fourth-order valence-electron chi connectivity index (χ4n) is 1.43. The number of rotatable bonds is 6. The number of hydrogen-bond acceptors (Lipinski definition) is 4. The van der Waals surface area contributed by atoms with Crippen LogP contribution in [0.3, 0.4) is 0 Å². The van der Waals surface area contributed by atoms with Gasteiger partial charge in [0.1, 0.15) is 11.7 Å². The molecule has 0 aromatic carbocycles. The number of hydrogen-bond donors (Lipinski definition) is 0. The molecule has 0 aliphatic heterocycles. The van der Waals surface area contributed by atoms with E-state index in [1.54, 1.807) is 21.0 Å². The molecular formula is C11H20O4. The van der Waals surface area contributed by atoms with Gasteiger partial charge in [0.2, 0.25) is 0 Å². The minimum absolute atomic E-state index is 0.0220. The molecule has 0 aliphatic carbocycles. The topological polar surface area (TPSA) is 52.6 Å². The van der Waals surface area contributed by atoms with E-state index in [0.29, 0.717) is 6.42 Å². The highest BCUT2D eigenvalue weighted by atomic mass is 16.5. The molecule has 0 fully saturated rings. The number of ether oxygens (including phenoxy) is 2. The van der Waals surface area contributed by atoms with Crippen molar-refractivity contribution in [3.8, 4) is 0 Å². The lowest BCUT2D eigenvalue weighted by molar-refractivity contribution is -0.149. The van der Waals surface area contributed by atoms with E-state index >= 15 is 0 Å². The molecule has 4 heteroatoms. The number of esters is 1. The Bertz CT molecular complexity index is 225. The zero-order valence-electron chi connectivity index (χ0n) is 10.1. The Morgan fingerprint density at radius 1 is 1.13 bits per heavy atom. The molecule has 0 aromatic heterocycles. The van der Waals surface area contributed by atoms with Crippen LogP contribution in [0.5, 0.6) is 0 Å². The van der Waals surface area contributed by atoms with Crippen LogP contribution < -0.4 is 0 Å². The second kappa shape index (κ2) is 6.56. The summed E-state index contributed by atoms with van der Waals surface area (Å²) in [6.07, 6.45) is 0.644. The first-order chi connectivity index (χ1) is 6.93. The molecule has 0 amide bonds. The average Bonchev–Trinajstić information content (AvgIpc) is 2.25. The van der Waals surface area contributed by atoms with Crippen molar-refractivity contribution in [2.75, 3.05) is 14.2 Å². The van der Waals surface area contributed by atoms with Gasteiger partial charge in [0, 0.05) is 13.0 Å². The maximum absolute atomic E-state index is 11.7. The Kier molecular flexibility index (Phi) is 6.17. The van der Waals surface area contributed by atoms with Crippen molar-refractivity contribution in [1.29, 1.82) is 0 Å². The van der Waals surface area contributed by atoms with E-state index in [9.17, 15) is 9.59 Å². The summed E-state index contributed by atoms with van der Waals surface area (Å²) in [5.74, 6) is -1.44. The summed E-state index contributed by atoms with van der Waals surface area (Å²) in [5, 5.41) is 0. The highest BCUT2D eigenvalue weighted by molar-refractivity contribution is 5.99. The van der Waals surface area contributed by atoms with Gasteiger partial charge < -0.3 is 9.47 Å². The first-order valence-electron chi connectivity index (χ1n) is 5.08. The summed E-state index contributed by atoms with van der Waals surface area (Å²) in [6, 6.07) is 0. The lowest BCUT2D eigenvalue weighted by atomic mass is 9.91. The van der Waals surface area contributed by atoms with E-state index < -0.39 is 11.9 Å². The van der Waals surface area contributed by atoms with Gasteiger partial charge in [0.25, 0.3) is 0 Å². The van der Waals surface area contributed by atoms with Crippen LogP contribution in [0, 0.1) is 11.8 Å².